The first-order chi connectivity index (χ1) is 13.4. The maximum atomic E-state index is 14.0. The van der Waals surface area contributed by atoms with Crippen molar-refractivity contribution in [2.24, 2.45) is 5.41 Å². The molecule has 5 nitrogen and oxygen atoms in total. The zero-order valence-electron chi connectivity index (χ0n) is 16.3. The van der Waals surface area contributed by atoms with Gasteiger partial charge in [-0.2, -0.15) is 0 Å². The number of anilines is 1. The van der Waals surface area contributed by atoms with Crippen LogP contribution in [0.2, 0.25) is 0 Å². The number of fused-ring (bicyclic) bond motifs is 1. The van der Waals surface area contributed by atoms with Crippen LogP contribution in [0, 0.1) is 17.0 Å². The zero-order chi connectivity index (χ0) is 19.7. The summed E-state index contributed by atoms with van der Waals surface area (Å²) in [6.07, 6.45) is 3.65. The van der Waals surface area contributed by atoms with Gasteiger partial charge in [-0.15, -0.1) is 0 Å². The van der Waals surface area contributed by atoms with Gasteiger partial charge in [0.05, 0.1) is 18.9 Å². The molecule has 0 unspecified atom stereocenters. The standard InChI is InChI=1S/C21H26F2N4O/c1-21(2)10-17(24-12-14-4-3-5-16(22)19(14)23)15-13-25-20(26-18(15)11-21)27-6-8-28-9-7-27/h3-5,13,17,24H,6-12H2,1-2H3/t17-/m1/s1. The Bertz CT molecular complexity index is 852. The van der Waals surface area contributed by atoms with Gasteiger partial charge in [-0.3, -0.25) is 0 Å². The molecule has 0 bridgehead atoms. The summed E-state index contributed by atoms with van der Waals surface area (Å²) in [4.78, 5) is 11.6. The number of aromatic nitrogens is 2. The summed E-state index contributed by atoms with van der Waals surface area (Å²) in [5.74, 6) is -0.860. The second-order valence-corrected chi connectivity index (χ2v) is 8.36. The Balaban J connectivity index is 1.56. The highest BCUT2D eigenvalue weighted by Gasteiger charge is 2.34. The lowest BCUT2D eigenvalue weighted by Gasteiger charge is -2.37. The number of ether oxygens (including phenoxy) is 1. The smallest absolute Gasteiger partial charge is 0.225 e. The van der Waals surface area contributed by atoms with E-state index >= 15 is 0 Å². The maximum Gasteiger partial charge on any atom is 0.225 e. The molecular weight excluding hydrogens is 362 g/mol. The maximum absolute atomic E-state index is 14.0. The Labute approximate surface area is 164 Å². The molecule has 0 saturated carbocycles. The van der Waals surface area contributed by atoms with Gasteiger partial charge in [0.1, 0.15) is 0 Å². The van der Waals surface area contributed by atoms with Gasteiger partial charge in [-0.1, -0.05) is 26.0 Å². The number of hydrogen-bond donors (Lipinski definition) is 1. The van der Waals surface area contributed by atoms with Crippen LogP contribution in [0.15, 0.2) is 24.4 Å². The van der Waals surface area contributed by atoms with Crippen molar-refractivity contribution in [1.82, 2.24) is 15.3 Å². The molecule has 0 spiro atoms. The molecule has 1 saturated heterocycles. The lowest BCUT2D eigenvalue weighted by molar-refractivity contribution is 0.122. The van der Waals surface area contributed by atoms with Gasteiger partial charge in [-0.05, 0) is 24.3 Å². The Hall–Kier alpha value is -2.12. The average Bonchev–Trinajstić information content (AvgIpc) is 2.68. The van der Waals surface area contributed by atoms with Crippen molar-refractivity contribution < 1.29 is 13.5 Å². The molecule has 1 aromatic carbocycles. The molecule has 1 N–H and O–H groups in total. The summed E-state index contributed by atoms with van der Waals surface area (Å²) in [5, 5.41) is 3.40. The van der Waals surface area contributed by atoms with Crippen molar-refractivity contribution in [3.05, 3.63) is 52.9 Å². The third-order valence-corrected chi connectivity index (χ3v) is 5.53. The second kappa shape index (κ2) is 7.72. The Morgan fingerprint density at radius 2 is 2.04 bits per heavy atom. The topological polar surface area (TPSA) is 50.3 Å². The normalized spacial score (nSPS) is 21.4. The van der Waals surface area contributed by atoms with Gasteiger partial charge in [0.25, 0.3) is 0 Å². The third-order valence-electron chi connectivity index (χ3n) is 5.53. The number of nitrogens with one attached hydrogen (secondary N) is 1. The molecule has 0 radical (unpaired) electrons. The lowest BCUT2D eigenvalue weighted by Crippen LogP contribution is -2.39. The van der Waals surface area contributed by atoms with Crippen molar-refractivity contribution in [3.8, 4) is 0 Å². The highest BCUT2D eigenvalue weighted by atomic mass is 19.2. The molecule has 1 aromatic heterocycles. The minimum atomic E-state index is -0.817. The van der Waals surface area contributed by atoms with Crippen LogP contribution in [0.4, 0.5) is 14.7 Å². The Kier molecular flexibility index (Phi) is 5.29. The second-order valence-electron chi connectivity index (χ2n) is 8.36. The van der Waals surface area contributed by atoms with Gasteiger partial charge < -0.3 is 15.0 Å². The van der Waals surface area contributed by atoms with Gasteiger partial charge in [0, 0.05) is 43.0 Å². The van der Waals surface area contributed by atoms with Gasteiger partial charge in [0.15, 0.2) is 11.6 Å². The van der Waals surface area contributed by atoms with E-state index in [4.69, 9.17) is 9.72 Å². The van der Waals surface area contributed by atoms with Crippen LogP contribution >= 0.6 is 0 Å². The van der Waals surface area contributed by atoms with Gasteiger partial charge in [0.2, 0.25) is 5.95 Å². The number of hydrogen-bond acceptors (Lipinski definition) is 5. The van der Waals surface area contributed by atoms with E-state index in [1.54, 1.807) is 6.07 Å². The summed E-state index contributed by atoms with van der Waals surface area (Å²) in [6.45, 7) is 7.65. The number of halogens is 2. The Morgan fingerprint density at radius 3 is 2.82 bits per heavy atom. The SMILES string of the molecule is CC1(C)Cc2nc(N3CCOCC3)ncc2[C@H](NCc2cccc(F)c2F)C1. The molecule has 1 atom stereocenters. The van der Waals surface area contributed by atoms with Crippen molar-refractivity contribution in [1.29, 1.82) is 0 Å². The predicted molar refractivity (Wildman–Crippen MR) is 103 cm³/mol. The van der Waals surface area contributed by atoms with Crippen molar-refractivity contribution >= 4 is 5.95 Å². The fourth-order valence-corrected chi connectivity index (χ4v) is 4.05. The molecule has 150 valence electrons. The fraction of sp³-hybridized carbons (Fsp3) is 0.524. The quantitative estimate of drug-likeness (QED) is 0.870. The summed E-state index contributed by atoms with van der Waals surface area (Å²) >= 11 is 0. The highest BCUT2D eigenvalue weighted by molar-refractivity contribution is 5.37. The molecule has 1 aliphatic heterocycles. The summed E-state index contributed by atoms with van der Waals surface area (Å²) in [5.41, 5.74) is 2.47. The summed E-state index contributed by atoms with van der Waals surface area (Å²) < 4.78 is 32.9. The first-order valence-electron chi connectivity index (χ1n) is 9.78. The van der Waals surface area contributed by atoms with E-state index in [-0.39, 0.29) is 18.0 Å². The van der Waals surface area contributed by atoms with Crippen molar-refractivity contribution in [2.75, 3.05) is 31.2 Å². The van der Waals surface area contributed by atoms with Crippen LogP contribution in [-0.2, 0) is 17.7 Å². The van der Waals surface area contributed by atoms with Crippen LogP contribution in [0.25, 0.3) is 0 Å². The molecule has 0 amide bonds. The molecule has 7 heteroatoms. The van der Waals surface area contributed by atoms with E-state index in [1.165, 1.54) is 6.07 Å². The molecule has 4 rings (SSSR count). The summed E-state index contributed by atoms with van der Waals surface area (Å²) in [6, 6.07) is 4.28. The number of rotatable bonds is 4. The fourth-order valence-electron chi connectivity index (χ4n) is 4.05. The van der Waals surface area contributed by atoms with Crippen LogP contribution < -0.4 is 10.2 Å². The summed E-state index contributed by atoms with van der Waals surface area (Å²) in [7, 11) is 0. The van der Waals surface area contributed by atoms with Crippen LogP contribution in [-0.4, -0.2) is 36.3 Å². The lowest BCUT2D eigenvalue weighted by atomic mass is 9.74. The van der Waals surface area contributed by atoms with Crippen LogP contribution in [0.5, 0.6) is 0 Å². The molecule has 1 fully saturated rings. The molecule has 2 aliphatic rings. The van der Waals surface area contributed by atoms with E-state index in [9.17, 15) is 8.78 Å². The van der Waals surface area contributed by atoms with E-state index in [0.29, 0.717) is 18.8 Å². The molecule has 2 aromatic rings. The number of nitrogens with zero attached hydrogens (tertiary/aromatic N) is 3. The van der Waals surface area contributed by atoms with Crippen molar-refractivity contribution in [2.45, 2.75) is 39.3 Å². The van der Waals surface area contributed by atoms with E-state index < -0.39 is 11.6 Å². The first-order valence-corrected chi connectivity index (χ1v) is 9.78. The highest BCUT2D eigenvalue weighted by Crippen LogP contribution is 2.40. The van der Waals surface area contributed by atoms with Gasteiger partial charge in [-0.25, -0.2) is 18.7 Å². The molecular formula is C21H26F2N4O. The minimum absolute atomic E-state index is 0.000145. The predicted octanol–water partition coefficient (Wildman–Crippen LogP) is 3.39. The largest absolute Gasteiger partial charge is 0.378 e. The molecule has 28 heavy (non-hydrogen) atoms. The van der Waals surface area contributed by atoms with E-state index in [0.717, 1.165) is 49.2 Å². The number of morpholine rings is 1. The molecule has 1 aliphatic carbocycles. The van der Waals surface area contributed by atoms with Gasteiger partial charge >= 0.3 is 0 Å². The Morgan fingerprint density at radius 1 is 1.25 bits per heavy atom. The molecule has 2 heterocycles. The monoisotopic (exact) mass is 388 g/mol. The first kappa shape index (κ1) is 19.2. The van der Waals surface area contributed by atoms with E-state index in [1.807, 2.05) is 6.20 Å². The average molecular weight is 388 g/mol. The minimum Gasteiger partial charge on any atom is -0.378 e. The van der Waals surface area contributed by atoms with Crippen LogP contribution in [0.3, 0.4) is 0 Å². The van der Waals surface area contributed by atoms with E-state index in [2.05, 4.69) is 29.0 Å². The van der Waals surface area contributed by atoms with Crippen LogP contribution in [0.1, 0.15) is 43.1 Å². The zero-order valence-corrected chi connectivity index (χ0v) is 16.3. The third kappa shape index (κ3) is 4.00. The number of benzene rings is 1. The van der Waals surface area contributed by atoms with Crippen molar-refractivity contribution in [3.63, 3.8) is 0 Å².